The van der Waals surface area contributed by atoms with Gasteiger partial charge in [-0.3, -0.25) is 4.99 Å². The summed E-state index contributed by atoms with van der Waals surface area (Å²) in [7, 11) is 3.49. The summed E-state index contributed by atoms with van der Waals surface area (Å²) in [6.45, 7) is 2.86. The fourth-order valence-corrected chi connectivity index (χ4v) is 2.56. The molecule has 0 aliphatic heterocycles. The molecule has 0 heterocycles. The van der Waals surface area contributed by atoms with Crippen LogP contribution in [0, 0.1) is 0 Å². The molecule has 2 aromatic rings. The van der Waals surface area contributed by atoms with Crippen LogP contribution in [0.1, 0.15) is 24.5 Å². The smallest absolute Gasteiger partial charge is 0.191 e. The Morgan fingerprint density at radius 3 is 2.50 bits per heavy atom. The maximum atomic E-state index is 5.38. The van der Waals surface area contributed by atoms with Crippen molar-refractivity contribution in [2.24, 2.45) is 4.99 Å². The fourth-order valence-electron chi connectivity index (χ4n) is 2.56. The van der Waals surface area contributed by atoms with Crippen molar-refractivity contribution in [1.82, 2.24) is 10.6 Å². The number of ether oxygens (including phenoxy) is 1. The van der Waals surface area contributed by atoms with Crippen molar-refractivity contribution >= 4 is 5.96 Å². The number of aryl methyl sites for hydroxylation is 1. The van der Waals surface area contributed by atoms with Crippen LogP contribution in [0.3, 0.4) is 0 Å². The molecule has 0 aromatic heterocycles. The maximum Gasteiger partial charge on any atom is 0.191 e. The minimum Gasteiger partial charge on any atom is -0.496 e. The van der Waals surface area contributed by atoms with Crippen molar-refractivity contribution in [3.05, 3.63) is 65.7 Å². The summed E-state index contributed by atoms with van der Waals surface area (Å²) in [5.41, 5.74) is 2.48. The van der Waals surface area contributed by atoms with Crippen LogP contribution < -0.4 is 15.4 Å². The molecule has 1 unspecified atom stereocenters. The van der Waals surface area contributed by atoms with Gasteiger partial charge in [-0.25, -0.2) is 0 Å². The van der Waals surface area contributed by atoms with E-state index in [-0.39, 0.29) is 0 Å². The van der Waals surface area contributed by atoms with Gasteiger partial charge in [0, 0.05) is 25.2 Å². The second-order valence-corrected chi connectivity index (χ2v) is 5.81. The highest BCUT2D eigenvalue weighted by molar-refractivity contribution is 5.79. The molecule has 0 saturated heterocycles. The largest absolute Gasteiger partial charge is 0.496 e. The van der Waals surface area contributed by atoms with Crippen molar-refractivity contribution in [3.63, 3.8) is 0 Å². The summed E-state index contributed by atoms with van der Waals surface area (Å²) in [6.07, 6.45) is 2.11. The summed E-state index contributed by atoms with van der Waals surface area (Å²) in [4.78, 5) is 4.31. The highest BCUT2D eigenvalue weighted by atomic mass is 16.5. The van der Waals surface area contributed by atoms with E-state index in [1.807, 2.05) is 18.2 Å². The molecule has 4 heteroatoms. The van der Waals surface area contributed by atoms with Gasteiger partial charge in [0.15, 0.2) is 5.96 Å². The zero-order valence-corrected chi connectivity index (χ0v) is 14.8. The number of para-hydroxylation sites is 1. The Morgan fingerprint density at radius 1 is 1.08 bits per heavy atom. The predicted molar refractivity (Wildman–Crippen MR) is 101 cm³/mol. The molecular formula is C20H27N3O. The highest BCUT2D eigenvalue weighted by Crippen LogP contribution is 2.16. The summed E-state index contributed by atoms with van der Waals surface area (Å²) in [5, 5.41) is 6.79. The van der Waals surface area contributed by atoms with Crippen molar-refractivity contribution in [1.29, 1.82) is 0 Å². The minimum atomic E-state index is 0.342. The number of rotatable bonds is 7. The van der Waals surface area contributed by atoms with Crippen LogP contribution in [0.25, 0.3) is 0 Å². The lowest BCUT2D eigenvalue weighted by Gasteiger charge is -2.18. The van der Waals surface area contributed by atoms with Crippen LogP contribution in [0.15, 0.2) is 59.6 Å². The number of hydrogen-bond donors (Lipinski definition) is 2. The summed E-state index contributed by atoms with van der Waals surface area (Å²) in [6, 6.07) is 18.9. The molecule has 1 atom stereocenters. The first-order valence-electron chi connectivity index (χ1n) is 8.36. The third-order valence-electron chi connectivity index (χ3n) is 3.95. The van der Waals surface area contributed by atoms with E-state index < -0.39 is 0 Å². The van der Waals surface area contributed by atoms with E-state index >= 15 is 0 Å². The van der Waals surface area contributed by atoms with Crippen LogP contribution in [0.5, 0.6) is 5.75 Å². The highest BCUT2D eigenvalue weighted by Gasteiger charge is 2.07. The van der Waals surface area contributed by atoms with Gasteiger partial charge in [-0.1, -0.05) is 48.5 Å². The molecule has 0 saturated carbocycles. The number of nitrogens with zero attached hydrogens (tertiary/aromatic N) is 1. The molecule has 0 aliphatic carbocycles. The Kier molecular flexibility index (Phi) is 7.15. The molecule has 4 nitrogen and oxygen atoms in total. The normalized spacial score (nSPS) is 12.5. The molecule has 24 heavy (non-hydrogen) atoms. The zero-order chi connectivity index (χ0) is 17.2. The SMILES string of the molecule is CN=C(NCc1ccccc1OC)NC(C)CCc1ccccc1. The second kappa shape index (κ2) is 9.60. The number of guanidine groups is 1. The van der Waals surface area contributed by atoms with Crippen LogP contribution in [0.2, 0.25) is 0 Å². The average Bonchev–Trinajstić information content (AvgIpc) is 2.64. The number of hydrogen-bond acceptors (Lipinski definition) is 2. The molecule has 0 bridgehead atoms. The Bertz CT molecular complexity index is 640. The maximum absolute atomic E-state index is 5.38. The Balaban J connectivity index is 1.81. The molecule has 128 valence electrons. The number of aliphatic imine (C=N–C) groups is 1. The molecule has 2 N–H and O–H groups in total. The van der Waals surface area contributed by atoms with E-state index in [9.17, 15) is 0 Å². The molecule has 0 amide bonds. The van der Waals surface area contributed by atoms with Crippen LogP contribution in [-0.4, -0.2) is 26.2 Å². The first-order valence-corrected chi connectivity index (χ1v) is 8.36. The van der Waals surface area contributed by atoms with Crippen molar-refractivity contribution < 1.29 is 4.74 Å². The van der Waals surface area contributed by atoms with Crippen molar-refractivity contribution in [3.8, 4) is 5.75 Å². The lowest BCUT2D eigenvalue weighted by molar-refractivity contribution is 0.409. The molecule has 0 fully saturated rings. The summed E-state index contributed by atoms with van der Waals surface area (Å²) in [5.74, 6) is 1.69. The van der Waals surface area contributed by atoms with E-state index in [2.05, 4.69) is 58.9 Å². The molecule has 0 spiro atoms. The van der Waals surface area contributed by atoms with Gasteiger partial charge < -0.3 is 15.4 Å². The van der Waals surface area contributed by atoms with Gasteiger partial charge in [0.05, 0.1) is 7.11 Å². The van der Waals surface area contributed by atoms with Gasteiger partial charge in [0.2, 0.25) is 0 Å². The van der Waals surface area contributed by atoms with Gasteiger partial charge in [-0.05, 0) is 31.4 Å². The van der Waals surface area contributed by atoms with E-state index in [0.717, 1.165) is 30.1 Å². The van der Waals surface area contributed by atoms with Crippen molar-refractivity contribution in [2.45, 2.75) is 32.4 Å². The topological polar surface area (TPSA) is 45.7 Å². The van der Waals surface area contributed by atoms with Crippen LogP contribution in [-0.2, 0) is 13.0 Å². The minimum absolute atomic E-state index is 0.342. The number of methoxy groups -OCH3 is 1. The van der Waals surface area contributed by atoms with Gasteiger partial charge in [-0.15, -0.1) is 0 Å². The lowest BCUT2D eigenvalue weighted by atomic mass is 10.1. The Hall–Kier alpha value is -2.49. The molecular weight excluding hydrogens is 298 g/mol. The summed E-state index contributed by atoms with van der Waals surface area (Å²) < 4.78 is 5.38. The standard InChI is InChI=1S/C20H27N3O/c1-16(13-14-17-9-5-4-6-10-17)23-20(21-2)22-15-18-11-7-8-12-19(18)24-3/h4-12,16H,13-15H2,1-3H3,(H2,21,22,23). The van der Waals surface area contributed by atoms with E-state index in [4.69, 9.17) is 4.74 Å². The van der Waals surface area contributed by atoms with Gasteiger partial charge in [-0.2, -0.15) is 0 Å². The van der Waals surface area contributed by atoms with Gasteiger partial charge >= 0.3 is 0 Å². The van der Waals surface area contributed by atoms with Gasteiger partial charge in [0.1, 0.15) is 5.75 Å². The van der Waals surface area contributed by atoms with Crippen LogP contribution >= 0.6 is 0 Å². The average molecular weight is 325 g/mol. The van der Waals surface area contributed by atoms with Gasteiger partial charge in [0.25, 0.3) is 0 Å². The molecule has 0 aliphatic rings. The Labute approximate surface area is 145 Å². The zero-order valence-electron chi connectivity index (χ0n) is 14.8. The van der Waals surface area contributed by atoms with Crippen LogP contribution in [0.4, 0.5) is 0 Å². The molecule has 0 radical (unpaired) electrons. The fraction of sp³-hybridized carbons (Fsp3) is 0.350. The first kappa shape index (κ1) is 17.9. The predicted octanol–water partition coefficient (Wildman–Crippen LogP) is 3.38. The number of benzene rings is 2. The monoisotopic (exact) mass is 325 g/mol. The lowest BCUT2D eigenvalue weighted by Crippen LogP contribution is -2.42. The third kappa shape index (κ3) is 5.61. The Morgan fingerprint density at radius 2 is 1.79 bits per heavy atom. The second-order valence-electron chi connectivity index (χ2n) is 5.81. The molecule has 2 rings (SSSR count). The first-order chi connectivity index (χ1) is 11.7. The quantitative estimate of drug-likeness (QED) is 0.606. The molecule has 2 aromatic carbocycles. The number of nitrogens with one attached hydrogen (secondary N) is 2. The van der Waals surface area contributed by atoms with E-state index in [0.29, 0.717) is 12.6 Å². The van der Waals surface area contributed by atoms with E-state index in [1.54, 1.807) is 14.2 Å². The van der Waals surface area contributed by atoms with Crippen molar-refractivity contribution in [2.75, 3.05) is 14.2 Å². The third-order valence-corrected chi connectivity index (χ3v) is 3.95. The van der Waals surface area contributed by atoms with E-state index in [1.165, 1.54) is 5.56 Å². The summed E-state index contributed by atoms with van der Waals surface area (Å²) >= 11 is 0.